The van der Waals surface area contributed by atoms with Crippen molar-refractivity contribution >= 4 is 34.2 Å². The van der Waals surface area contributed by atoms with Crippen LogP contribution in [-0.2, 0) is 17.8 Å². The highest BCUT2D eigenvalue weighted by atomic mass is 32.1. The van der Waals surface area contributed by atoms with Crippen LogP contribution in [0.4, 0.5) is 5.00 Å². The van der Waals surface area contributed by atoms with E-state index in [0.717, 1.165) is 35.5 Å². The first-order valence-electron chi connectivity index (χ1n) is 7.71. The third-order valence-electron chi connectivity index (χ3n) is 3.96. The lowest BCUT2D eigenvalue weighted by atomic mass is 10.0. The van der Waals surface area contributed by atoms with Crippen LogP contribution in [0, 0.1) is 0 Å². The summed E-state index contributed by atoms with van der Waals surface area (Å²) in [5, 5.41) is 3.35. The lowest BCUT2D eigenvalue weighted by molar-refractivity contribution is -0.111. The Morgan fingerprint density at radius 3 is 2.75 bits per heavy atom. The third kappa shape index (κ3) is 3.55. The van der Waals surface area contributed by atoms with E-state index in [2.05, 4.69) is 10.2 Å². The van der Waals surface area contributed by atoms with Gasteiger partial charge in [-0.15, -0.1) is 11.3 Å². The second-order valence-electron chi connectivity index (χ2n) is 5.79. The van der Waals surface area contributed by atoms with Gasteiger partial charge in [0.25, 0.3) is 5.91 Å². The van der Waals surface area contributed by atoms with E-state index in [1.54, 1.807) is 6.08 Å². The van der Waals surface area contributed by atoms with Crippen LogP contribution in [0.15, 0.2) is 36.4 Å². The molecule has 3 N–H and O–H groups in total. The number of benzene rings is 1. The molecule has 0 radical (unpaired) electrons. The second kappa shape index (κ2) is 6.98. The molecule has 124 valence electrons. The van der Waals surface area contributed by atoms with E-state index < -0.39 is 5.91 Å². The number of hydrogen-bond donors (Lipinski definition) is 2. The quantitative estimate of drug-likeness (QED) is 0.839. The summed E-state index contributed by atoms with van der Waals surface area (Å²) in [5.74, 6) is -0.757. The summed E-state index contributed by atoms with van der Waals surface area (Å²) in [5.41, 5.74) is 7.93. The minimum Gasteiger partial charge on any atom is -0.365 e. The van der Waals surface area contributed by atoms with Gasteiger partial charge in [0.2, 0.25) is 5.91 Å². The predicted molar refractivity (Wildman–Crippen MR) is 97.0 cm³/mol. The number of amides is 2. The van der Waals surface area contributed by atoms with Gasteiger partial charge in [-0.1, -0.05) is 30.3 Å². The number of nitrogens with zero attached hydrogens (tertiary/aromatic N) is 1. The SMILES string of the molecule is CN1CCc2c(sc(NC(=O)/C=C\c3ccccc3)c2C(N)=O)C1. The number of fused-ring (bicyclic) bond motifs is 1. The molecular formula is C18H19N3O2S. The Bertz CT molecular complexity index is 796. The summed E-state index contributed by atoms with van der Waals surface area (Å²) >= 11 is 1.44. The molecule has 24 heavy (non-hydrogen) atoms. The molecule has 1 aliphatic heterocycles. The van der Waals surface area contributed by atoms with E-state index in [1.165, 1.54) is 17.4 Å². The number of rotatable bonds is 4. The second-order valence-corrected chi connectivity index (χ2v) is 6.90. The van der Waals surface area contributed by atoms with Crippen molar-refractivity contribution in [3.63, 3.8) is 0 Å². The highest BCUT2D eigenvalue weighted by molar-refractivity contribution is 7.17. The first-order chi connectivity index (χ1) is 11.5. The molecule has 0 bridgehead atoms. The zero-order valence-corrected chi connectivity index (χ0v) is 14.2. The van der Waals surface area contributed by atoms with Crippen LogP contribution in [0.1, 0.15) is 26.4 Å². The Morgan fingerprint density at radius 1 is 1.29 bits per heavy atom. The Hall–Kier alpha value is -2.44. The first-order valence-corrected chi connectivity index (χ1v) is 8.53. The van der Waals surface area contributed by atoms with Gasteiger partial charge in [0.05, 0.1) is 5.56 Å². The molecule has 0 aliphatic carbocycles. The van der Waals surface area contributed by atoms with E-state index in [4.69, 9.17) is 5.73 Å². The van der Waals surface area contributed by atoms with Crippen molar-refractivity contribution in [2.24, 2.45) is 5.73 Å². The molecule has 0 fully saturated rings. The molecule has 0 saturated heterocycles. The first kappa shape index (κ1) is 16.4. The summed E-state index contributed by atoms with van der Waals surface area (Å²) in [6.45, 7) is 1.65. The average Bonchev–Trinajstić information content (AvgIpc) is 2.90. The minimum absolute atomic E-state index is 0.270. The van der Waals surface area contributed by atoms with Gasteiger partial charge in [0, 0.05) is 24.0 Å². The smallest absolute Gasteiger partial charge is 0.251 e. The van der Waals surface area contributed by atoms with Crippen molar-refractivity contribution in [2.75, 3.05) is 18.9 Å². The van der Waals surface area contributed by atoms with Crippen molar-refractivity contribution in [3.05, 3.63) is 58.0 Å². The number of primary amides is 1. The molecular weight excluding hydrogens is 322 g/mol. The number of hydrogen-bond acceptors (Lipinski definition) is 4. The number of thiophene rings is 1. The van der Waals surface area contributed by atoms with Crippen LogP contribution in [0.3, 0.4) is 0 Å². The molecule has 3 rings (SSSR count). The standard InChI is InChI=1S/C18H19N3O2S/c1-21-10-9-13-14(11-21)24-18(16(13)17(19)23)20-15(22)8-7-12-5-3-2-4-6-12/h2-8H,9-11H2,1H3,(H2,19,23)(H,20,22)/b8-7-. The fourth-order valence-electron chi connectivity index (χ4n) is 2.77. The van der Waals surface area contributed by atoms with Crippen LogP contribution in [0.25, 0.3) is 6.08 Å². The molecule has 2 heterocycles. The van der Waals surface area contributed by atoms with Gasteiger partial charge >= 0.3 is 0 Å². The topological polar surface area (TPSA) is 75.4 Å². The van der Waals surface area contributed by atoms with Crippen LogP contribution in [-0.4, -0.2) is 30.3 Å². The zero-order valence-electron chi connectivity index (χ0n) is 13.4. The average molecular weight is 341 g/mol. The van der Waals surface area contributed by atoms with Gasteiger partial charge < -0.3 is 16.0 Å². The van der Waals surface area contributed by atoms with Crippen LogP contribution in [0.2, 0.25) is 0 Å². The highest BCUT2D eigenvalue weighted by Crippen LogP contribution is 2.36. The maximum atomic E-state index is 12.2. The summed E-state index contributed by atoms with van der Waals surface area (Å²) in [7, 11) is 2.04. The molecule has 1 aromatic carbocycles. The van der Waals surface area contributed by atoms with Gasteiger partial charge in [-0.05, 0) is 30.7 Å². The van der Waals surface area contributed by atoms with Gasteiger partial charge in [-0.25, -0.2) is 0 Å². The Labute approximate surface area is 144 Å². The number of carbonyl (C=O) groups is 2. The van der Waals surface area contributed by atoms with Crippen molar-refractivity contribution in [1.82, 2.24) is 4.90 Å². The largest absolute Gasteiger partial charge is 0.365 e. The van der Waals surface area contributed by atoms with Crippen LogP contribution < -0.4 is 11.1 Å². The monoisotopic (exact) mass is 341 g/mol. The van der Waals surface area contributed by atoms with Crippen molar-refractivity contribution in [1.29, 1.82) is 0 Å². The minimum atomic E-state index is -0.487. The molecule has 0 spiro atoms. The van der Waals surface area contributed by atoms with Crippen molar-refractivity contribution < 1.29 is 9.59 Å². The van der Waals surface area contributed by atoms with E-state index in [1.807, 2.05) is 37.4 Å². The predicted octanol–water partition coefficient (Wildman–Crippen LogP) is 2.49. The molecule has 0 atom stereocenters. The molecule has 2 amide bonds. The van der Waals surface area contributed by atoms with Gasteiger partial charge in [0.15, 0.2) is 0 Å². The number of nitrogens with one attached hydrogen (secondary N) is 1. The zero-order chi connectivity index (χ0) is 17.1. The van der Waals surface area contributed by atoms with E-state index >= 15 is 0 Å². The third-order valence-corrected chi connectivity index (χ3v) is 5.09. The Morgan fingerprint density at radius 2 is 2.04 bits per heavy atom. The van der Waals surface area contributed by atoms with E-state index in [0.29, 0.717) is 10.6 Å². The maximum Gasteiger partial charge on any atom is 0.251 e. The maximum absolute atomic E-state index is 12.2. The molecule has 2 aromatic rings. The van der Waals surface area contributed by atoms with Gasteiger partial charge in [0.1, 0.15) is 5.00 Å². The van der Waals surface area contributed by atoms with E-state index in [9.17, 15) is 9.59 Å². The fraction of sp³-hybridized carbons (Fsp3) is 0.222. The number of carbonyl (C=O) groups excluding carboxylic acids is 2. The summed E-state index contributed by atoms with van der Waals surface area (Å²) in [6.07, 6.45) is 3.97. The van der Waals surface area contributed by atoms with Gasteiger partial charge in [-0.2, -0.15) is 0 Å². The molecule has 1 aliphatic rings. The van der Waals surface area contributed by atoms with Crippen molar-refractivity contribution in [3.8, 4) is 0 Å². The van der Waals surface area contributed by atoms with E-state index in [-0.39, 0.29) is 5.91 Å². The molecule has 6 heteroatoms. The van der Waals surface area contributed by atoms with Gasteiger partial charge in [-0.3, -0.25) is 9.59 Å². The number of nitrogens with two attached hydrogens (primary N) is 1. The lowest BCUT2D eigenvalue weighted by Crippen LogP contribution is -2.27. The molecule has 1 aromatic heterocycles. The Balaban J connectivity index is 1.81. The highest BCUT2D eigenvalue weighted by Gasteiger charge is 2.26. The van der Waals surface area contributed by atoms with Crippen LogP contribution >= 0.6 is 11.3 Å². The summed E-state index contributed by atoms with van der Waals surface area (Å²) in [6, 6.07) is 9.57. The fourth-order valence-corrected chi connectivity index (χ4v) is 4.11. The van der Waals surface area contributed by atoms with Crippen molar-refractivity contribution in [2.45, 2.75) is 13.0 Å². The number of likely N-dealkylation sites (N-methyl/N-ethyl adjacent to an activating group) is 1. The Kier molecular flexibility index (Phi) is 4.78. The van der Waals surface area contributed by atoms with Crippen LogP contribution in [0.5, 0.6) is 0 Å². The molecule has 0 unspecified atom stereocenters. The summed E-state index contributed by atoms with van der Waals surface area (Å²) in [4.78, 5) is 27.3. The number of anilines is 1. The molecule has 0 saturated carbocycles. The summed E-state index contributed by atoms with van der Waals surface area (Å²) < 4.78 is 0. The molecule has 5 nitrogen and oxygen atoms in total. The lowest BCUT2D eigenvalue weighted by Gasteiger charge is -2.22. The normalized spacial score (nSPS) is 14.5.